The summed E-state index contributed by atoms with van der Waals surface area (Å²) in [4.78, 5) is 0. The summed E-state index contributed by atoms with van der Waals surface area (Å²) < 4.78 is 59.0. The highest BCUT2D eigenvalue weighted by Gasteiger charge is 2.32. The van der Waals surface area contributed by atoms with Crippen LogP contribution in [-0.2, 0) is 21.1 Å². The molecule has 20 heavy (non-hydrogen) atoms. The Bertz CT molecular complexity index is 641. The van der Waals surface area contributed by atoms with Gasteiger partial charge < -0.3 is 9.11 Å². The first-order chi connectivity index (χ1) is 9.24. The molecule has 2 aromatic carbocycles. The molecule has 0 fully saturated rings. The molecule has 0 aliphatic heterocycles. The maximum Gasteiger partial charge on any atom is 0.127 e. The van der Waals surface area contributed by atoms with Gasteiger partial charge in [-0.1, -0.05) is 36.4 Å². The molecule has 2 rings (SSSR count). The fraction of sp³-hybridized carbons (Fsp3) is 0.143. The molecule has 0 amide bonds. The van der Waals surface area contributed by atoms with Gasteiger partial charge in [-0.15, -0.1) is 0 Å². The van der Waals surface area contributed by atoms with Crippen LogP contribution in [0.4, 0.5) is 8.78 Å². The van der Waals surface area contributed by atoms with Crippen LogP contribution in [-0.4, -0.2) is 13.3 Å². The van der Waals surface area contributed by atoms with Crippen LogP contribution < -0.4 is 0 Å². The van der Waals surface area contributed by atoms with Gasteiger partial charge in [-0.05, 0) is 12.1 Å². The van der Waals surface area contributed by atoms with Gasteiger partial charge in [-0.25, -0.2) is 13.0 Å². The molecule has 3 nitrogen and oxygen atoms in total. The molecule has 0 unspecified atom stereocenters. The molecule has 0 atom stereocenters. The first-order valence-corrected chi connectivity index (χ1v) is 8.07. The van der Waals surface area contributed by atoms with Gasteiger partial charge in [0, 0.05) is 11.1 Å². The Morgan fingerprint density at radius 2 is 1.15 bits per heavy atom. The van der Waals surface area contributed by atoms with E-state index in [4.69, 9.17) is 0 Å². The lowest BCUT2D eigenvalue weighted by Gasteiger charge is -2.31. The summed E-state index contributed by atoms with van der Waals surface area (Å²) in [6, 6.07) is 10.7. The van der Waals surface area contributed by atoms with E-state index in [1.807, 2.05) is 0 Å². The fourth-order valence-corrected chi connectivity index (χ4v) is 3.73. The quantitative estimate of drug-likeness (QED) is 0.909. The van der Waals surface area contributed by atoms with Crippen molar-refractivity contribution in [3.8, 4) is 0 Å². The third kappa shape index (κ3) is 3.69. The number of benzene rings is 2. The van der Waals surface area contributed by atoms with Crippen LogP contribution in [0.15, 0.2) is 48.5 Å². The third-order valence-electron chi connectivity index (χ3n) is 2.81. The minimum absolute atomic E-state index is 0.0918. The van der Waals surface area contributed by atoms with Crippen molar-refractivity contribution in [1.82, 2.24) is 0 Å². The van der Waals surface area contributed by atoms with Gasteiger partial charge in [0.1, 0.15) is 11.6 Å². The lowest BCUT2D eigenvalue weighted by atomic mass is 10.2. The zero-order chi connectivity index (χ0) is 14.8. The van der Waals surface area contributed by atoms with E-state index in [9.17, 15) is 22.1 Å². The third-order valence-corrected chi connectivity index (χ3v) is 4.59. The molecule has 0 spiro atoms. The minimum Gasteiger partial charge on any atom is -0.307 e. The predicted molar refractivity (Wildman–Crippen MR) is 73.6 cm³/mol. The van der Waals surface area contributed by atoms with Crippen molar-refractivity contribution < 1.29 is 22.1 Å². The first kappa shape index (κ1) is 14.8. The Hall–Kier alpha value is -1.63. The van der Waals surface area contributed by atoms with E-state index >= 15 is 0 Å². The van der Waals surface area contributed by atoms with Crippen molar-refractivity contribution >= 4 is 9.63 Å². The lowest BCUT2D eigenvalue weighted by Crippen LogP contribution is -2.36. The molecular formula is C14H14F2O3S. The average molecular weight is 300 g/mol. The molecule has 0 bridgehead atoms. The summed E-state index contributed by atoms with van der Waals surface area (Å²) in [5, 5.41) is 0. The van der Waals surface area contributed by atoms with E-state index in [2.05, 4.69) is 0 Å². The number of halogens is 2. The van der Waals surface area contributed by atoms with Crippen molar-refractivity contribution in [2.45, 2.75) is 11.5 Å². The van der Waals surface area contributed by atoms with Crippen LogP contribution in [0.5, 0.6) is 0 Å². The van der Waals surface area contributed by atoms with Gasteiger partial charge >= 0.3 is 0 Å². The summed E-state index contributed by atoms with van der Waals surface area (Å²) in [6.07, 6.45) is 0. The van der Waals surface area contributed by atoms with Crippen molar-refractivity contribution in [2.75, 3.05) is 0 Å². The van der Waals surface area contributed by atoms with Gasteiger partial charge in [0.05, 0.1) is 21.1 Å². The number of rotatable bonds is 4. The average Bonchev–Trinajstić information content (AvgIpc) is 2.34. The molecule has 0 heterocycles. The molecule has 0 aromatic heterocycles. The Balaban J connectivity index is 2.30. The maximum atomic E-state index is 13.5. The van der Waals surface area contributed by atoms with Crippen molar-refractivity contribution in [2.24, 2.45) is 0 Å². The van der Waals surface area contributed by atoms with Crippen LogP contribution in [0, 0.1) is 11.6 Å². The molecule has 0 saturated heterocycles. The minimum atomic E-state index is -5.19. The van der Waals surface area contributed by atoms with Crippen LogP contribution in [0.2, 0.25) is 0 Å². The standard InChI is InChI=1S/C14H14F2O3S/c15-13-7-3-1-5-11(13)9-20(17,18,19)10-12-6-2-4-8-14(12)16/h1-8H,9-10H2,(H2,17,18,19). The van der Waals surface area contributed by atoms with E-state index in [-0.39, 0.29) is 11.1 Å². The van der Waals surface area contributed by atoms with Gasteiger partial charge in [0.2, 0.25) is 0 Å². The lowest BCUT2D eigenvalue weighted by molar-refractivity contribution is 0.384. The van der Waals surface area contributed by atoms with E-state index < -0.39 is 32.8 Å². The van der Waals surface area contributed by atoms with Gasteiger partial charge in [-0.2, -0.15) is 0 Å². The molecule has 6 heteroatoms. The molecule has 2 N–H and O–H groups in total. The second-order valence-corrected chi connectivity index (χ2v) is 7.61. The second-order valence-electron chi connectivity index (χ2n) is 4.66. The van der Waals surface area contributed by atoms with Crippen LogP contribution in [0.25, 0.3) is 0 Å². The molecular weight excluding hydrogens is 286 g/mol. The molecule has 2 aromatic rings. The van der Waals surface area contributed by atoms with Crippen LogP contribution in [0.1, 0.15) is 11.1 Å². The Kier molecular flexibility index (Phi) is 3.73. The summed E-state index contributed by atoms with van der Waals surface area (Å²) >= 11 is 0. The topological polar surface area (TPSA) is 57.5 Å². The van der Waals surface area contributed by atoms with Crippen LogP contribution in [0.3, 0.4) is 0 Å². The maximum absolute atomic E-state index is 13.5. The normalized spacial score (nSPS) is 13.7. The molecule has 0 saturated carbocycles. The summed E-state index contributed by atoms with van der Waals surface area (Å²) in [5.74, 6) is -2.94. The highest BCUT2D eigenvalue weighted by molar-refractivity contribution is 8.08. The fourth-order valence-electron chi connectivity index (χ4n) is 1.91. The van der Waals surface area contributed by atoms with Crippen molar-refractivity contribution in [1.29, 1.82) is 0 Å². The van der Waals surface area contributed by atoms with E-state index in [0.717, 1.165) is 12.1 Å². The van der Waals surface area contributed by atoms with Gasteiger partial charge in [-0.3, -0.25) is 0 Å². The van der Waals surface area contributed by atoms with E-state index in [0.29, 0.717) is 0 Å². The summed E-state index contributed by atoms with van der Waals surface area (Å²) in [6.45, 7) is 0. The number of hydrogen-bond acceptors (Lipinski definition) is 1. The Morgan fingerprint density at radius 1 is 0.800 bits per heavy atom. The van der Waals surface area contributed by atoms with E-state index in [1.54, 1.807) is 0 Å². The van der Waals surface area contributed by atoms with Gasteiger partial charge in [0.15, 0.2) is 0 Å². The summed E-state index contributed by atoms with van der Waals surface area (Å²) in [7, 11) is -5.19. The number of hydrogen-bond donors (Lipinski definition) is 2. The highest BCUT2D eigenvalue weighted by Crippen LogP contribution is 2.29. The largest absolute Gasteiger partial charge is 0.307 e. The van der Waals surface area contributed by atoms with Crippen LogP contribution >= 0.6 is 0 Å². The van der Waals surface area contributed by atoms with Crippen molar-refractivity contribution in [3.63, 3.8) is 0 Å². The van der Waals surface area contributed by atoms with E-state index in [1.165, 1.54) is 36.4 Å². The SMILES string of the molecule is O=S(O)(O)(Cc1ccccc1F)Cc1ccccc1F. The monoisotopic (exact) mass is 300 g/mol. The van der Waals surface area contributed by atoms with Gasteiger partial charge in [0.25, 0.3) is 0 Å². The Labute approximate surface area is 115 Å². The zero-order valence-corrected chi connectivity index (χ0v) is 11.3. The smallest absolute Gasteiger partial charge is 0.127 e. The Morgan fingerprint density at radius 3 is 1.50 bits per heavy atom. The predicted octanol–water partition coefficient (Wildman–Crippen LogP) is 3.43. The molecule has 0 radical (unpaired) electrons. The first-order valence-electron chi connectivity index (χ1n) is 5.85. The molecule has 108 valence electrons. The highest BCUT2D eigenvalue weighted by atomic mass is 32.3. The zero-order valence-electron chi connectivity index (χ0n) is 10.5. The van der Waals surface area contributed by atoms with Crippen molar-refractivity contribution in [3.05, 3.63) is 71.3 Å². The summed E-state index contributed by atoms with van der Waals surface area (Å²) in [5.41, 5.74) is -0.184. The molecule has 0 aliphatic rings. The molecule has 0 aliphatic carbocycles. The second kappa shape index (κ2) is 5.05.